The molecule has 1 N–H and O–H groups in total. The Morgan fingerprint density at radius 3 is 2.36 bits per heavy atom. The van der Waals surface area contributed by atoms with Crippen LogP contribution >= 0.6 is 0 Å². The lowest BCUT2D eigenvalue weighted by Gasteiger charge is -2.08. The van der Waals surface area contributed by atoms with Gasteiger partial charge in [-0.3, -0.25) is 0 Å². The van der Waals surface area contributed by atoms with Crippen molar-refractivity contribution in [3.8, 4) is 11.1 Å². The third-order valence-corrected chi connectivity index (χ3v) is 5.60. The number of rotatable bonds is 10. The Kier molecular flexibility index (Phi) is 7.10. The summed E-state index contributed by atoms with van der Waals surface area (Å²) in [5.74, 6) is 0.858. The predicted octanol–water partition coefficient (Wildman–Crippen LogP) is 5.60. The fraction of sp³-hybridized carbons (Fsp3) is 0.179. The molecule has 0 aliphatic carbocycles. The molecule has 4 aromatic rings. The number of aromatic carboxylic acids is 1. The van der Waals surface area contributed by atoms with Crippen molar-refractivity contribution in [2.24, 2.45) is 0 Å². The third kappa shape index (κ3) is 5.63. The van der Waals surface area contributed by atoms with Gasteiger partial charge in [-0.25, -0.2) is 14.5 Å². The van der Waals surface area contributed by atoms with E-state index in [0.717, 1.165) is 48.6 Å². The van der Waals surface area contributed by atoms with Gasteiger partial charge in [0.05, 0.1) is 5.56 Å². The lowest BCUT2D eigenvalue weighted by Crippen LogP contribution is -2.06. The largest absolute Gasteiger partial charge is 0.478 e. The van der Waals surface area contributed by atoms with Crippen molar-refractivity contribution in [3.05, 3.63) is 120 Å². The predicted molar refractivity (Wildman–Crippen MR) is 130 cm³/mol. The lowest BCUT2D eigenvalue weighted by molar-refractivity contribution is 0.0697. The first kappa shape index (κ1) is 22.2. The van der Waals surface area contributed by atoms with Gasteiger partial charge in [-0.2, -0.15) is 5.10 Å². The molecule has 5 nitrogen and oxygen atoms in total. The molecule has 0 fully saturated rings. The van der Waals surface area contributed by atoms with Crippen LogP contribution in [-0.4, -0.2) is 25.8 Å². The summed E-state index contributed by atoms with van der Waals surface area (Å²) in [5, 5.41) is 14.2. The second-order valence-electron chi connectivity index (χ2n) is 7.95. The minimum Gasteiger partial charge on any atom is -0.478 e. The van der Waals surface area contributed by atoms with Crippen molar-refractivity contribution in [2.75, 3.05) is 0 Å². The molecule has 1 aromatic heterocycles. The monoisotopic (exact) mass is 437 g/mol. The zero-order valence-corrected chi connectivity index (χ0v) is 18.5. The molecule has 0 amide bonds. The van der Waals surface area contributed by atoms with E-state index < -0.39 is 5.97 Å². The van der Waals surface area contributed by atoms with E-state index in [1.807, 2.05) is 53.2 Å². The molecule has 0 saturated heterocycles. The summed E-state index contributed by atoms with van der Waals surface area (Å²) < 4.78 is 1.98. The van der Waals surface area contributed by atoms with Crippen LogP contribution in [0.5, 0.6) is 0 Å². The highest BCUT2D eigenvalue weighted by Crippen LogP contribution is 2.24. The molecule has 0 saturated carbocycles. The quantitative estimate of drug-likeness (QED) is 0.328. The Bertz CT molecular complexity index is 1230. The molecular formula is C28H27N3O2. The Labute approximate surface area is 194 Å². The van der Waals surface area contributed by atoms with Gasteiger partial charge in [-0.1, -0.05) is 78.9 Å². The number of hydrogen-bond acceptors (Lipinski definition) is 3. The van der Waals surface area contributed by atoms with Gasteiger partial charge >= 0.3 is 5.97 Å². The SMILES string of the molecule is C=CCCn1nc(CCc2ccccc2)nc1Cc1ccc(-c2ccccc2C(=O)O)cc1. The molecule has 0 aliphatic heterocycles. The van der Waals surface area contributed by atoms with Crippen molar-refractivity contribution in [3.63, 3.8) is 0 Å². The number of hydrogen-bond donors (Lipinski definition) is 1. The van der Waals surface area contributed by atoms with E-state index in [0.29, 0.717) is 17.5 Å². The highest BCUT2D eigenvalue weighted by atomic mass is 16.4. The molecule has 0 radical (unpaired) electrons. The third-order valence-electron chi connectivity index (χ3n) is 5.60. The maximum absolute atomic E-state index is 11.5. The molecule has 4 rings (SSSR count). The lowest BCUT2D eigenvalue weighted by atomic mass is 9.98. The Morgan fingerprint density at radius 1 is 0.909 bits per heavy atom. The molecule has 33 heavy (non-hydrogen) atoms. The summed E-state index contributed by atoms with van der Waals surface area (Å²) >= 11 is 0. The van der Waals surface area contributed by atoms with E-state index in [9.17, 15) is 9.90 Å². The van der Waals surface area contributed by atoms with Crippen LogP contribution in [-0.2, 0) is 25.8 Å². The van der Waals surface area contributed by atoms with Gasteiger partial charge in [0.1, 0.15) is 5.82 Å². The Morgan fingerprint density at radius 2 is 1.64 bits per heavy atom. The molecule has 3 aromatic carbocycles. The van der Waals surface area contributed by atoms with Gasteiger partial charge in [-0.15, -0.1) is 6.58 Å². The van der Waals surface area contributed by atoms with Crippen molar-refractivity contribution in [1.82, 2.24) is 14.8 Å². The second kappa shape index (κ2) is 10.6. The average molecular weight is 438 g/mol. The van der Waals surface area contributed by atoms with E-state index >= 15 is 0 Å². The zero-order valence-electron chi connectivity index (χ0n) is 18.5. The fourth-order valence-corrected chi connectivity index (χ4v) is 3.86. The molecule has 0 bridgehead atoms. The highest BCUT2D eigenvalue weighted by molar-refractivity contribution is 5.95. The topological polar surface area (TPSA) is 68.0 Å². The van der Waals surface area contributed by atoms with Gasteiger partial charge in [0, 0.05) is 19.4 Å². The minimum atomic E-state index is -0.923. The molecule has 0 atom stereocenters. The highest BCUT2D eigenvalue weighted by Gasteiger charge is 2.13. The fourth-order valence-electron chi connectivity index (χ4n) is 3.86. The van der Waals surface area contributed by atoms with Crippen molar-refractivity contribution >= 4 is 5.97 Å². The maximum Gasteiger partial charge on any atom is 0.336 e. The van der Waals surface area contributed by atoms with Crippen LogP contribution in [0.4, 0.5) is 0 Å². The summed E-state index contributed by atoms with van der Waals surface area (Å²) in [5.41, 5.74) is 4.28. The molecule has 0 aliphatic rings. The van der Waals surface area contributed by atoms with E-state index in [-0.39, 0.29) is 0 Å². The first-order valence-corrected chi connectivity index (χ1v) is 11.1. The number of nitrogens with zero attached hydrogens (tertiary/aromatic N) is 3. The van der Waals surface area contributed by atoms with E-state index in [2.05, 4.69) is 30.8 Å². The zero-order chi connectivity index (χ0) is 23.0. The van der Waals surface area contributed by atoms with E-state index in [1.54, 1.807) is 12.1 Å². The van der Waals surface area contributed by atoms with Crippen LogP contribution in [0.2, 0.25) is 0 Å². The summed E-state index contributed by atoms with van der Waals surface area (Å²) in [4.78, 5) is 16.4. The first-order chi connectivity index (χ1) is 16.1. The summed E-state index contributed by atoms with van der Waals surface area (Å²) in [6.45, 7) is 4.58. The molecule has 0 spiro atoms. The average Bonchev–Trinajstić information content (AvgIpc) is 3.24. The number of benzene rings is 3. The second-order valence-corrected chi connectivity index (χ2v) is 7.95. The number of carbonyl (C=O) groups is 1. The number of carboxylic acid groups (broad SMARTS) is 1. The van der Waals surface area contributed by atoms with Crippen LogP contribution in [0, 0.1) is 0 Å². The van der Waals surface area contributed by atoms with Crippen molar-refractivity contribution in [1.29, 1.82) is 0 Å². The maximum atomic E-state index is 11.5. The number of aromatic nitrogens is 3. The minimum absolute atomic E-state index is 0.303. The standard InChI is InChI=1S/C28H27N3O2/c1-2-3-19-31-27(29-26(30-31)18-15-21-9-5-4-6-10-21)20-22-13-16-23(17-14-22)24-11-7-8-12-25(24)28(32)33/h2,4-14,16-17H,1,3,15,18-20H2,(H,32,33). The molecule has 166 valence electrons. The van der Waals surface area contributed by atoms with Crippen LogP contribution in [0.1, 0.15) is 39.6 Å². The first-order valence-electron chi connectivity index (χ1n) is 11.1. The normalized spacial score (nSPS) is 10.8. The van der Waals surface area contributed by atoms with Gasteiger partial charge in [0.25, 0.3) is 0 Å². The molecule has 5 heteroatoms. The van der Waals surface area contributed by atoms with Crippen LogP contribution in [0.15, 0.2) is 91.5 Å². The van der Waals surface area contributed by atoms with Crippen LogP contribution in [0.25, 0.3) is 11.1 Å². The molecule has 0 unspecified atom stereocenters. The van der Waals surface area contributed by atoms with Gasteiger partial charge in [0.15, 0.2) is 5.82 Å². The Balaban J connectivity index is 1.52. The van der Waals surface area contributed by atoms with Crippen LogP contribution < -0.4 is 0 Å². The van der Waals surface area contributed by atoms with Crippen LogP contribution in [0.3, 0.4) is 0 Å². The number of aryl methyl sites for hydroxylation is 3. The summed E-state index contributed by atoms with van der Waals surface area (Å²) in [7, 11) is 0. The smallest absolute Gasteiger partial charge is 0.336 e. The Hall–Kier alpha value is -3.99. The van der Waals surface area contributed by atoms with Gasteiger partial charge < -0.3 is 5.11 Å². The number of allylic oxidation sites excluding steroid dienone is 1. The van der Waals surface area contributed by atoms with E-state index in [1.165, 1.54) is 5.56 Å². The number of carboxylic acids is 1. The molecule has 1 heterocycles. The van der Waals surface area contributed by atoms with Crippen molar-refractivity contribution < 1.29 is 9.90 Å². The van der Waals surface area contributed by atoms with Gasteiger partial charge in [0.2, 0.25) is 0 Å². The summed E-state index contributed by atoms with van der Waals surface area (Å²) in [6, 6.07) is 25.4. The van der Waals surface area contributed by atoms with Crippen molar-refractivity contribution in [2.45, 2.75) is 32.2 Å². The summed E-state index contributed by atoms with van der Waals surface area (Å²) in [6.07, 6.45) is 5.09. The van der Waals surface area contributed by atoms with E-state index in [4.69, 9.17) is 10.1 Å². The van der Waals surface area contributed by atoms with Gasteiger partial charge in [-0.05, 0) is 41.2 Å². The molecular weight excluding hydrogens is 410 g/mol.